The van der Waals surface area contributed by atoms with Gasteiger partial charge in [-0.05, 0) is 0 Å². The van der Waals surface area contributed by atoms with Crippen LogP contribution >= 0.6 is 0 Å². The Bertz CT molecular complexity index is 550. The van der Waals surface area contributed by atoms with Crippen molar-refractivity contribution in [1.29, 1.82) is 0 Å². The SMILES string of the molecule is OC[C@H]1O[C@@H](O[C@H]2[C@H](O[C@@H]3[C@@H](O)[C@H](O)CO[C@H]3O)OC[C@@H](O)[C@@H]2O)[C@H](O)[C@@H](O)[C@@H]1O. The van der Waals surface area contributed by atoms with E-state index in [1.165, 1.54) is 0 Å². The lowest BCUT2D eigenvalue weighted by Gasteiger charge is -2.45. The van der Waals surface area contributed by atoms with Gasteiger partial charge in [0.25, 0.3) is 0 Å². The third-order valence-corrected chi connectivity index (χ3v) is 5.31. The molecule has 0 aromatic heterocycles. The van der Waals surface area contributed by atoms with E-state index in [4.69, 9.17) is 23.7 Å². The first kappa shape index (κ1) is 24.1. The van der Waals surface area contributed by atoms with Crippen LogP contribution in [-0.2, 0) is 23.7 Å². The molecule has 3 aliphatic rings. The van der Waals surface area contributed by atoms with Crippen LogP contribution in [0.3, 0.4) is 0 Å². The topological polar surface area (TPSA) is 228 Å². The van der Waals surface area contributed by atoms with E-state index in [2.05, 4.69) is 0 Å². The van der Waals surface area contributed by atoms with Gasteiger partial charge >= 0.3 is 0 Å². The van der Waals surface area contributed by atoms with E-state index < -0.39 is 93.1 Å². The summed E-state index contributed by atoms with van der Waals surface area (Å²) >= 11 is 0. The summed E-state index contributed by atoms with van der Waals surface area (Å²) in [5, 5.41) is 89.0. The second-order valence-corrected chi connectivity index (χ2v) is 7.44. The molecule has 30 heavy (non-hydrogen) atoms. The number of ether oxygens (including phenoxy) is 5. The van der Waals surface area contributed by atoms with Gasteiger partial charge in [-0.25, -0.2) is 0 Å². The summed E-state index contributed by atoms with van der Waals surface area (Å²) in [5.41, 5.74) is 0. The lowest BCUT2D eigenvalue weighted by Crippen LogP contribution is -2.64. The van der Waals surface area contributed by atoms with E-state index in [0.29, 0.717) is 0 Å². The summed E-state index contributed by atoms with van der Waals surface area (Å²) in [6.45, 7) is -1.48. The molecule has 0 aliphatic carbocycles. The zero-order chi connectivity index (χ0) is 22.2. The van der Waals surface area contributed by atoms with E-state index in [1.807, 2.05) is 0 Å². The third kappa shape index (κ3) is 4.77. The van der Waals surface area contributed by atoms with Gasteiger partial charge in [0.2, 0.25) is 0 Å². The van der Waals surface area contributed by atoms with Crippen LogP contribution in [-0.4, -0.2) is 146 Å². The molecule has 0 aromatic rings. The van der Waals surface area contributed by atoms with E-state index >= 15 is 0 Å². The third-order valence-electron chi connectivity index (χ3n) is 5.31. The van der Waals surface area contributed by atoms with Gasteiger partial charge in [-0.2, -0.15) is 0 Å². The molecular weight excluding hydrogens is 416 g/mol. The zero-order valence-electron chi connectivity index (χ0n) is 15.7. The van der Waals surface area contributed by atoms with Crippen LogP contribution in [0.25, 0.3) is 0 Å². The number of hydrogen-bond donors (Lipinski definition) is 9. The summed E-state index contributed by atoms with van der Waals surface area (Å²) in [6.07, 6.45) is -20.5. The number of aliphatic hydroxyl groups is 9. The molecule has 176 valence electrons. The largest absolute Gasteiger partial charge is 0.394 e. The van der Waals surface area contributed by atoms with Gasteiger partial charge in [-0.3, -0.25) is 0 Å². The molecule has 9 N–H and O–H groups in total. The molecule has 3 saturated heterocycles. The predicted molar refractivity (Wildman–Crippen MR) is 89.2 cm³/mol. The molecule has 0 spiro atoms. The lowest BCUT2D eigenvalue weighted by atomic mass is 9.98. The molecule has 0 saturated carbocycles. The first-order valence-corrected chi connectivity index (χ1v) is 9.40. The van der Waals surface area contributed by atoms with Crippen LogP contribution in [0.1, 0.15) is 0 Å². The fourth-order valence-corrected chi connectivity index (χ4v) is 3.44. The Morgan fingerprint density at radius 1 is 0.633 bits per heavy atom. The lowest BCUT2D eigenvalue weighted by molar-refractivity contribution is -0.376. The van der Waals surface area contributed by atoms with Crippen molar-refractivity contribution in [2.45, 2.75) is 79.9 Å². The molecule has 13 atom stereocenters. The Hall–Kier alpha value is -0.560. The molecule has 3 heterocycles. The fourth-order valence-electron chi connectivity index (χ4n) is 3.44. The van der Waals surface area contributed by atoms with E-state index in [0.717, 1.165) is 0 Å². The Labute approximate surface area is 170 Å². The molecule has 0 unspecified atom stereocenters. The van der Waals surface area contributed by atoms with E-state index in [-0.39, 0.29) is 6.61 Å². The summed E-state index contributed by atoms with van der Waals surface area (Å²) in [6, 6.07) is 0. The highest BCUT2D eigenvalue weighted by Crippen LogP contribution is 2.29. The summed E-state index contributed by atoms with van der Waals surface area (Å²) in [7, 11) is 0. The predicted octanol–water partition coefficient (Wildman–Crippen LogP) is -6.29. The summed E-state index contributed by atoms with van der Waals surface area (Å²) in [5.74, 6) is 0. The highest BCUT2D eigenvalue weighted by atomic mass is 16.8. The van der Waals surface area contributed by atoms with Crippen LogP contribution in [0.5, 0.6) is 0 Å². The second-order valence-electron chi connectivity index (χ2n) is 7.44. The van der Waals surface area contributed by atoms with E-state index in [9.17, 15) is 46.0 Å². The number of hydrogen-bond acceptors (Lipinski definition) is 14. The van der Waals surface area contributed by atoms with Gasteiger partial charge in [0.15, 0.2) is 18.9 Å². The van der Waals surface area contributed by atoms with Crippen molar-refractivity contribution < 1.29 is 69.6 Å². The highest BCUT2D eigenvalue weighted by molar-refractivity contribution is 4.92. The molecule has 3 fully saturated rings. The van der Waals surface area contributed by atoms with Crippen LogP contribution in [0.15, 0.2) is 0 Å². The fraction of sp³-hybridized carbons (Fsp3) is 1.00. The van der Waals surface area contributed by atoms with Gasteiger partial charge < -0.3 is 69.6 Å². The monoisotopic (exact) mass is 444 g/mol. The molecule has 0 aromatic carbocycles. The number of rotatable bonds is 5. The van der Waals surface area contributed by atoms with Crippen molar-refractivity contribution in [3.05, 3.63) is 0 Å². The molecule has 3 aliphatic heterocycles. The van der Waals surface area contributed by atoms with Crippen molar-refractivity contribution >= 4 is 0 Å². The van der Waals surface area contributed by atoms with Gasteiger partial charge in [-0.1, -0.05) is 0 Å². The summed E-state index contributed by atoms with van der Waals surface area (Å²) < 4.78 is 26.2. The molecular formula is C16H28O14. The standard InChI is InChI=1S/C16H28O14/c17-1-6-9(22)10(23)11(24)15(28-6)30-13-8(21)5(19)3-27-16(13)29-12-7(20)4(18)2-26-14(12)25/h4-25H,1-3H2/t4-,5-,6-,7+,8+,9-,10+,11-,12-,13-,14-,15+,16+/m1/s1. The maximum absolute atomic E-state index is 10.3. The Morgan fingerprint density at radius 3 is 1.83 bits per heavy atom. The normalized spacial score (nSPS) is 52.9. The Kier molecular flexibility index (Phi) is 7.97. The van der Waals surface area contributed by atoms with Crippen LogP contribution < -0.4 is 0 Å². The smallest absolute Gasteiger partial charge is 0.187 e. The minimum atomic E-state index is -1.80. The van der Waals surface area contributed by atoms with Crippen LogP contribution in [0.2, 0.25) is 0 Å². The molecule has 14 nitrogen and oxygen atoms in total. The van der Waals surface area contributed by atoms with Gasteiger partial charge in [0, 0.05) is 0 Å². The molecule has 0 bridgehead atoms. The van der Waals surface area contributed by atoms with Crippen molar-refractivity contribution in [1.82, 2.24) is 0 Å². The maximum atomic E-state index is 10.3. The molecule has 0 amide bonds. The van der Waals surface area contributed by atoms with Crippen molar-refractivity contribution in [3.8, 4) is 0 Å². The van der Waals surface area contributed by atoms with Gasteiger partial charge in [0.1, 0.15) is 61.0 Å². The second kappa shape index (κ2) is 9.93. The number of aliphatic hydroxyl groups excluding tert-OH is 9. The first-order valence-electron chi connectivity index (χ1n) is 9.40. The highest BCUT2D eigenvalue weighted by Gasteiger charge is 2.50. The van der Waals surface area contributed by atoms with Crippen molar-refractivity contribution in [2.75, 3.05) is 19.8 Å². The Balaban J connectivity index is 1.75. The average molecular weight is 444 g/mol. The zero-order valence-corrected chi connectivity index (χ0v) is 15.7. The molecule has 3 rings (SSSR count). The summed E-state index contributed by atoms with van der Waals surface area (Å²) in [4.78, 5) is 0. The minimum Gasteiger partial charge on any atom is -0.394 e. The molecule has 14 heteroatoms. The van der Waals surface area contributed by atoms with E-state index in [1.54, 1.807) is 0 Å². The van der Waals surface area contributed by atoms with Crippen molar-refractivity contribution in [3.63, 3.8) is 0 Å². The van der Waals surface area contributed by atoms with Crippen LogP contribution in [0, 0.1) is 0 Å². The Morgan fingerprint density at radius 2 is 1.20 bits per heavy atom. The first-order chi connectivity index (χ1) is 14.1. The maximum Gasteiger partial charge on any atom is 0.187 e. The van der Waals surface area contributed by atoms with Gasteiger partial charge in [0.05, 0.1) is 19.8 Å². The van der Waals surface area contributed by atoms with Gasteiger partial charge in [-0.15, -0.1) is 0 Å². The molecule has 0 radical (unpaired) electrons. The van der Waals surface area contributed by atoms with Crippen molar-refractivity contribution in [2.24, 2.45) is 0 Å². The quantitative estimate of drug-likeness (QED) is 0.192. The van der Waals surface area contributed by atoms with Crippen LogP contribution in [0.4, 0.5) is 0 Å². The minimum absolute atomic E-state index is 0.347. The average Bonchev–Trinajstić information content (AvgIpc) is 2.73.